The van der Waals surface area contributed by atoms with Crippen molar-refractivity contribution in [1.29, 1.82) is 0 Å². The quantitative estimate of drug-likeness (QED) is 0.464. The number of para-hydroxylation sites is 1. The highest BCUT2D eigenvalue weighted by atomic mass is 16.5. The number of fused-ring (bicyclic) bond motifs is 1. The smallest absolute Gasteiger partial charge is 0.252 e. The van der Waals surface area contributed by atoms with Crippen LogP contribution < -0.4 is 15.6 Å². The van der Waals surface area contributed by atoms with Crippen LogP contribution in [0, 0.1) is 0 Å². The number of likely N-dealkylation sites (tertiary alicyclic amines) is 1. The molecule has 5 rings (SSSR count). The Kier molecular flexibility index (Phi) is 5.85. The minimum absolute atomic E-state index is 0.176. The molecule has 1 aliphatic rings. The van der Waals surface area contributed by atoms with Crippen molar-refractivity contribution in [2.75, 3.05) is 18.4 Å². The molecule has 4 aromatic rings. The van der Waals surface area contributed by atoms with Crippen molar-refractivity contribution in [3.05, 3.63) is 95.0 Å². The molecule has 1 aliphatic heterocycles. The maximum Gasteiger partial charge on any atom is 0.252 e. The van der Waals surface area contributed by atoms with Crippen LogP contribution in [0.5, 0.6) is 11.5 Å². The number of pyridine rings is 2. The number of benzene rings is 2. The lowest BCUT2D eigenvalue weighted by Crippen LogP contribution is -2.38. The van der Waals surface area contributed by atoms with Crippen LogP contribution in [0.15, 0.2) is 83.8 Å². The van der Waals surface area contributed by atoms with Crippen LogP contribution in [-0.2, 0) is 6.54 Å². The van der Waals surface area contributed by atoms with Crippen LogP contribution in [-0.4, -0.2) is 34.0 Å². The summed E-state index contributed by atoms with van der Waals surface area (Å²) < 4.78 is 6.11. The van der Waals surface area contributed by atoms with E-state index in [1.807, 2.05) is 60.8 Å². The molecule has 0 bridgehead atoms. The van der Waals surface area contributed by atoms with E-state index in [2.05, 4.69) is 32.3 Å². The molecule has 2 aromatic carbocycles. The number of piperidine rings is 1. The fraction of sp³-hybridized carbons (Fsp3) is 0.231. The van der Waals surface area contributed by atoms with Gasteiger partial charge < -0.3 is 15.0 Å². The van der Waals surface area contributed by atoms with E-state index in [0.717, 1.165) is 54.8 Å². The molecule has 1 saturated heterocycles. The standard InChI is InChI=1S/C26H26N4O2/c31-26-17-25(23-9-1-2-10-24(23)29-26)32-22-8-5-7-20(16-22)28-19-11-14-30(15-12-19)18-21-6-3-4-13-27-21/h1-10,13,16-17,19,28H,11-12,14-15,18H2,(H,29,31). The largest absolute Gasteiger partial charge is 0.456 e. The van der Waals surface area contributed by atoms with Gasteiger partial charge in [-0.15, -0.1) is 0 Å². The molecule has 1 fully saturated rings. The van der Waals surface area contributed by atoms with Crippen molar-refractivity contribution in [3.8, 4) is 11.5 Å². The Morgan fingerprint density at radius 3 is 2.69 bits per heavy atom. The summed E-state index contributed by atoms with van der Waals surface area (Å²) >= 11 is 0. The van der Waals surface area contributed by atoms with E-state index in [1.165, 1.54) is 6.07 Å². The van der Waals surface area contributed by atoms with Crippen LogP contribution in [0.3, 0.4) is 0 Å². The number of hydrogen-bond acceptors (Lipinski definition) is 5. The number of nitrogens with zero attached hydrogens (tertiary/aromatic N) is 2. The van der Waals surface area contributed by atoms with Gasteiger partial charge >= 0.3 is 0 Å². The van der Waals surface area contributed by atoms with Crippen LogP contribution >= 0.6 is 0 Å². The van der Waals surface area contributed by atoms with Gasteiger partial charge in [-0.1, -0.05) is 24.3 Å². The van der Waals surface area contributed by atoms with Gasteiger partial charge in [0.25, 0.3) is 5.56 Å². The highest BCUT2D eigenvalue weighted by Crippen LogP contribution is 2.29. The van der Waals surface area contributed by atoms with E-state index in [1.54, 1.807) is 0 Å². The van der Waals surface area contributed by atoms with Gasteiger partial charge in [-0.3, -0.25) is 14.7 Å². The average Bonchev–Trinajstić information content (AvgIpc) is 2.81. The molecule has 6 nitrogen and oxygen atoms in total. The lowest BCUT2D eigenvalue weighted by Gasteiger charge is -2.32. The van der Waals surface area contributed by atoms with Gasteiger partial charge in [-0.25, -0.2) is 0 Å². The molecular weight excluding hydrogens is 400 g/mol. The zero-order valence-electron chi connectivity index (χ0n) is 17.8. The third kappa shape index (κ3) is 4.81. The average molecular weight is 427 g/mol. The lowest BCUT2D eigenvalue weighted by molar-refractivity contribution is 0.209. The van der Waals surface area contributed by atoms with E-state index in [0.29, 0.717) is 17.5 Å². The number of H-pyrrole nitrogens is 1. The molecular formula is C26H26N4O2. The number of aromatic amines is 1. The zero-order chi connectivity index (χ0) is 21.8. The fourth-order valence-corrected chi connectivity index (χ4v) is 4.23. The Hall–Kier alpha value is -3.64. The van der Waals surface area contributed by atoms with Gasteiger partial charge in [0.05, 0.1) is 11.2 Å². The van der Waals surface area contributed by atoms with Crippen molar-refractivity contribution in [2.45, 2.75) is 25.4 Å². The molecule has 0 aliphatic carbocycles. The first-order chi connectivity index (χ1) is 15.7. The van der Waals surface area contributed by atoms with Crippen molar-refractivity contribution in [3.63, 3.8) is 0 Å². The summed E-state index contributed by atoms with van der Waals surface area (Å²) in [6.07, 6.45) is 4.01. The van der Waals surface area contributed by atoms with Crippen LogP contribution in [0.4, 0.5) is 5.69 Å². The van der Waals surface area contributed by atoms with Crippen molar-refractivity contribution < 1.29 is 4.74 Å². The predicted molar refractivity (Wildman–Crippen MR) is 127 cm³/mol. The molecule has 162 valence electrons. The van der Waals surface area contributed by atoms with E-state index < -0.39 is 0 Å². The first-order valence-corrected chi connectivity index (χ1v) is 11.0. The molecule has 3 heterocycles. The Morgan fingerprint density at radius 2 is 1.84 bits per heavy atom. The Morgan fingerprint density at radius 1 is 1.00 bits per heavy atom. The first-order valence-electron chi connectivity index (χ1n) is 11.0. The summed E-state index contributed by atoms with van der Waals surface area (Å²) in [5.41, 5.74) is 2.74. The Bertz CT molecular complexity index is 1250. The second kappa shape index (κ2) is 9.24. The minimum atomic E-state index is -0.176. The first kappa shape index (κ1) is 20.3. The van der Waals surface area contributed by atoms with Gasteiger partial charge in [-0.2, -0.15) is 0 Å². The Labute approximate surface area is 186 Å². The van der Waals surface area contributed by atoms with E-state index >= 15 is 0 Å². The molecule has 0 spiro atoms. The SMILES string of the molecule is O=c1cc(Oc2cccc(NC3CCN(Cc4ccccn4)CC3)c2)c2ccccc2[nH]1. The molecule has 0 saturated carbocycles. The zero-order valence-corrected chi connectivity index (χ0v) is 17.8. The highest BCUT2D eigenvalue weighted by molar-refractivity contribution is 5.84. The van der Waals surface area contributed by atoms with Gasteiger partial charge in [-0.05, 0) is 49.2 Å². The number of anilines is 1. The third-order valence-electron chi connectivity index (χ3n) is 5.84. The second-order valence-electron chi connectivity index (χ2n) is 8.19. The summed E-state index contributed by atoms with van der Waals surface area (Å²) in [5, 5.41) is 4.53. The number of ether oxygens (including phenoxy) is 1. The Balaban J connectivity index is 1.22. The van der Waals surface area contributed by atoms with E-state index in [9.17, 15) is 4.79 Å². The van der Waals surface area contributed by atoms with Gasteiger partial charge in [0, 0.05) is 55.1 Å². The summed E-state index contributed by atoms with van der Waals surface area (Å²) in [6.45, 7) is 2.99. The molecule has 0 amide bonds. The maximum atomic E-state index is 12.0. The maximum absolute atomic E-state index is 12.0. The summed E-state index contributed by atoms with van der Waals surface area (Å²) in [6, 6.07) is 23.6. The van der Waals surface area contributed by atoms with Crippen molar-refractivity contribution in [1.82, 2.24) is 14.9 Å². The van der Waals surface area contributed by atoms with Gasteiger partial charge in [0.2, 0.25) is 0 Å². The highest BCUT2D eigenvalue weighted by Gasteiger charge is 2.19. The predicted octanol–water partition coefficient (Wildman–Crippen LogP) is 4.79. The molecule has 6 heteroatoms. The second-order valence-corrected chi connectivity index (χ2v) is 8.19. The topological polar surface area (TPSA) is 70.2 Å². The van der Waals surface area contributed by atoms with Crippen LogP contribution in [0.2, 0.25) is 0 Å². The van der Waals surface area contributed by atoms with Crippen LogP contribution in [0.25, 0.3) is 10.9 Å². The summed E-state index contributed by atoms with van der Waals surface area (Å²) in [7, 11) is 0. The van der Waals surface area contributed by atoms with E-state index in [4.69, 9.17) is 4.74 Å². The van der Waals surface area contributed by atoms with Gasteiger partial charge in [0.15, 0.2) is 0 Å². The van der Waals surface area contributed by atoms with Crippen LogP contribution in [0.1, 0.15) is 18.5 Å². The molecule has 0 radical (unpaired) electrons. The molecule has 2 aromatic heterocycles. The molecule has 0 atom stereocenters. The number of rotatable bonds is 6. The van der Waals surface area contributed by atoms with E-state index in [-0.39, 0.29) is 5.56 Å². The molecule has 2 N–H and O–H groups in total. The summed E-state index contributed by atoms with van der Waals surface area (Å²) in [5.74, 6) is 1.27. The number of hydrogen-bond donors (Lipinski definition) is 2. The third-order valence-corrected chi connectivity index (χ3v) is 5.84. The van der Waals surface area contributed by atoms with Crippen molar-refractivity contribution in [2.24, 2.45) is 0 Å². The minimum Gasteiger partial charge on any atom is -0.456 e. The molecule has 0 unspecified atom stereocenters. The lowest BCUT2D eigenvalue weighted by atomic mass is 10.0. The monoisotopic (exact) mass is 426 g/mol. The normalized spacial score (nSPS) is 15.0. The van der Waals surface area contributed by atoms with Crippen molar-refractivity contribution >= 4 is 16.6 Å². The fourth-order valence-electron chi connectivity index (χ4n) is 4.23. The number of aromatic nitrogens is 2. The summed E-state index contributed by atoms with van der Waals surface area (Å²) in [4.78, 5) is 21.7. The van der Waals surface area contributed by atoms with Gasteiger partial charge in [0.1, 0.15) is 11.5 Å². The number of nitrogens with one attached hydrogen (secondary N) is 2. The molecule has 32 heavy (non-hydrogen) atoms.